The molecule has 5 rings (SSSR count). The molecule has 1 aromatic carbocycles. The van der Waals surface area contributed by atoms with Crippen molar-refractivity contribution >= 4 is 37.8 Å². The second kappa shape index (κ2) is 7.43. The van der Waals surface area contributed by atoms with Gasteiger partial charge in [0.25, 0.3) is 0 Å². The summed E-state index contributed by atoms with van der Waals surface area (Å²) in [5, 5.41) is 23.6. The largest absolute Gasteiger partial charge is 0.391 e. The van der Waals surface area contributed by atoms with Crippen LogP contribution in [0.2, 0.25) is 0 Å². The standard InChI is InChI=1S/C21H20N6OS/c22-10-14-6-8-17-20(24-14)27(12-23-17)11-13-5-7-16-19(9-13)29-21(26-16)25-15-3-1-2-4-18(15)28/h5-9,12,15,18,28H,1-4,11H2,(H,25,26)/t15-,18-/m1/s1. The molecule has 1 fully saturated rings. The van der Waals surface area contributed by atoms with Crippen LogP contribution in [0.4, 0.5) is 5.13 Å². The van der Waals surface area contributed by atoms with E-state index in [1.165, 1.54) is 0 Å². The zero-order valence-electron chi connectivity index (χ0n) is 15.7. The zero-order valence-corrected chi connectivity index (χ0v) is 16.6. The maximum absolute atomic E-state index is 10.2. The van der Waals surface area contributed by atoms with Gasteiger partial charge in [0.15, 0.2) is 10.8 Å². The van der Waals surface area contributed by atoms with Crippen LogP contribution >= 0.6 is 11.3 Å². The number of nitrogens with one attached hydrogen (secondary N) is 1. The molecule has 0 unspecified atom stereocenters. The molecule has 0 aliphatic heterocycles. The highest BCUT2D eigenvalue weighted by Crippen LogP contribution is 2.30. The molecule has 0 radical (unpaired) electrons. The first kappa shape index (κ1) is 18.0. The quantitative estimate of drug-likeness (QED) is 0.538. The summed E-state index contributed by atoms with van der Waals surface area (Å²) in [5.74, 6) is 0. The normalized spacial score (nSPS) is 19.4. The predicted molar refractivity (Wildman–Crippen MR) is 113 cm³/mol. The van der Waals surface area contributed by atoms with Crippen molar-refractivity contribution in [1.29, 1.82) is 5.26 Å². The van der Waals surface area contributed by atoms with E-state index in [-0.39, 0.29) is 12.1 Å². The van der Waals surface area contributed by atoms with Crippen LogP contribution < -0.4 is 5.32 Å². The predicted octanol–water partition coefficient (Wildman–Crippen LogP) is 3.68. The van der Waals surface area contributed by atoms with Crippen molar-refractivity contribution < 1.29 is 5.11 Å². The SMILES string of the molecule is N#Cc1ccc2ncn(Cc3ccc4nc(N[C@@H]5CCCC[C@H]5O)sc4c3)c2n1. The van der Waals surface area contributed by atoms with Gasteiger partial charge in [0.05, 0.1) is 35.2 Å². The number of aromatic nitrogens is 4. The Bertz CT molecular complexity index is 1220. The Labute approximate surface area is 171 Å². The van der Waals surface area contributed by atoms with Crippen LogP contribution in [-0.4, -0.2) is 36.8 Å². The summed E-state index contributed by atoms with van der Waals surface area (Å²) < 4.78 is 3.06. The van der Waals surface area contributed by atoms with Crippen LogP contribution in [0, 0.1) is 11.3 Å². The van der Waals surface area contributed by atoms with E-state index in [1.54, 1.807) is 23.7 Å². The molecule has 4 aromatic rings. The van der Waals surface area contributed by atoms with Crippen molar-refractivity contribution in [2.75, 3.05) is 5.32 Å². The van der Waals surface area contributed by atoms with E-state index < -0.39 is 0 Å². The summed E-state index contributed by atoms with van der Waals surface area (Å²) in [4.78, 5) is 13.4. The first-order chi connectivity index (χ1) is 14.2. The molecule has 1 saturated carbocycles. The molecule has 0 spiro atoms. The molecule has 0 bridgehead atoms. The first-order valence-electron chi connectivity index (χ1n) is 9.76. The molecule has 0 saturated heterocycles. The molecule has 7 nitrogen and oxygen atoms in total. The number of hydrogen-bond acceptors (Lipinski definition) is 7. The lowest BCUT2D eigenvalue weighted by atomic mass is 9.93. The Morgan fingerprint density at radius 2 is 2.03 bits per heavy atom. The Balaban J connectivity index is 1.39. The minimum atomic E-state index is -0.299. The lowest BCUT2D eigenvalue weighted by molar-refractivity contribution is 0.116. The van der Waals surface area contributed by atoms with Gasteiger partial charge in [0.2, 0.25) is 0 Å². The van der Waals surface area contributed by atoms with Gasteiger partial charge in [0.1, 0.15) is 17.3 Å². The van der Waals surface area contributed by atoms with Gasteiger partial charge < -0.3 is 15.0 Å². The van der Waals surface area contributed by atoms with Crippen LogP contribution in [0.15, 0.2) is 36.7 Å². The number of rotatable bonds is 4. The van der Waals surface area contributed by atoms with Crippen LogP contribution in [0.5, 0.6) is 0 Å². The van der Waals surface area contributed by atoms with Crippen LogP contribution in [0.3, 0.4) is 0 Å². The highest BCUT2D eigenvalue weighted by atomic mass is 32.1. The number of anilines is 1. The number of imidazole rings is 1. The van der Waals surface area contributed by atoms with Gasteiger partial charge >= 0.3 is 0 Å². The number of pyridine rings is 1. The lowest BCUT2D eigenvalue weighted by Crippen LogP contribution is -2.36. The molecule has 0 amide bonds. The summed E-state index contributed by atoms with van der Waals surface area (Å²) in [6.45, 7) is 0.621. The topological polar surface area (TPSA) is 99.7 Å². The van der Waals surface area contributed by atoms with Gasteiger partial charge in [-0.15, -0.1) is 0 Å². The van der Waals surface area contributed by atoms with E-state index in [4.69, 9.17) is 5.26 Å². The van der Waals surface area contributed by atoms with Crippen molar-refractivity contribution in [2.24, 2.45) is 0 Å². The number of hydrogen-bond donors (Lipinski definition) is 2. The first-order valence-corrected chi connectivity index (χ1v) is 10.6. The van der Waals surface area contributed by atoms with Crippen molar-refractivity contribution in [3.63, 3.8) is 0 Å². The summed E-state index contributed by atoms with van der Waals surface area (Å²) in [6, 6.07) is 11.9. The molecule has 2 N–H and O–H groups in total. The molecule has 146 valence electrons. The zero-order chi connectivity index (χ0) is 19.8. The van der Waals surface area contributed by atoms with E-state index in [0.717, 1.165) is 52.1 Å². The average molecular weight is 404 g/mol. The van der Waals surface area contributed by atoms with E-state index in [2.05, 4.69) is 38.5 Å². The van der Waals surface area contributed by atoms with Crippen LogP contribution in [0.25, 0.3) is 21.4 Å². The van der Waals surface area contributed by atoms with Gasteiger partial charge in [-0.2, -0.15) is 5.26 Å². The van der Waals surface area contributed by atoms with Crippen molar-refractivity contribution in [1.82, 2.24) is 19.5 Å². The van der Waals surface area contributed by atoms with E-state index in [1.807, 2.05) is 16.7 Å². The molecule has 1 aliphatic rings. The third kappa shape index (κ3) is 3.55. The van der Waals surface area contributed by atoms with Crippen LogP contribution in [-0.2, 0) is 6.54 Å². The fourth-order valence-corrected chi connectivity index (χ4v) is 4.87. The summed E-state index contributed by atoms with van der Waals surface area (Å²) in [6.07, 6.45) is 5.53. The Morgan fingerprint density at radius 1 is 1.17 bits per heavy atom. The Morgan fingerprint density at radius 3 is 2.90 bits per heavy atom. The Kier molecular flexibility index (Phi) is 4.62. The number of aliphatic hydroxyl groups is 1. The van der Waals surface area contributed by atoms with E-state index in [9.17, 15) is 5.11 Å². The second-order valence-corrected chi connectivity index (χ2v) is 8.48. The highest BCUT2D eigenvalue weighted by molar-refractivity contribution is 7.22. The number of fused-ring (bicyclic) bond motifs is 2. The average Bonchev–Trinajstić information content (AvgIpc) is 3.32. The molecular formula is C21H20N6OS. The number of nitriles is 1. The molecular weight excluding hydrogens is 384 g/mol. The molecule has 1 aliphatic carbocycles. The van der Waals surface area contributed by atoms with Gasteiger partial charge in [-0.25, -0.2) is 15.0 Å². The Hall–Kier alpha value is -3.02. The monoisotopic (exact) mass is 404 g/mol. The van der Waals surface area contributed by atoms with Gasteiger partial charge in [-0.1, -0.05) is 30.2 Å². The summed E-state index contributed by atoms with van der Waals surface area (Å²) in [5.41, 5.74) is 3.95. The minimum absolute atomic E-state index is 0.0847. The maximum Gasteiger partial charge on any atom is 0.184 e. The van der Waals surface area contributed by atoms with Gasteiger partial charge in [0, 0.05) is 0 Å². The van der Waals surface area contributed by atoms with Crippen molar-refractivity contribution in [2.45, 2.75) is 44.4 Å². The third-order valence-electron chi connectivity index (χ3n) is 5.42. The van der Waals surface area contributed by atoms with E-state index >= 15 is 0 Å². The number of benzene rings is 1. The molecule has 29 heavy (non-hydrogen) atoms. The highest BCUT2D eigenvalue weighted by Gasteiger charge is 2.23. The molecule has 2 atom stereocenters. The van der Waals surface area contributed by atoms with E-state index in [0.29, 0.717) is 17.9 Å². The molecule has 3 heterocycles. The van der Waals surface area contributed by atoms with Gasteiger partial charge in [-0.3, -0.25) is 0 Å². The van der Waals surface area contributed by atoms with Crippen LogP contribution in [0.1, 0.15) is 36.9 Å². The summed E-state index contributed by atoms with van der Waals surface area (Å²) in [7, 11) is 0. The fourth-order valence-electron chi connectivity index (χ4n) is 3.88. The van der Waals surface area contributed by atoms with Gasteiger partial charge in [-0.05, 0) is 42.7 Å². The fraction of sp³-hybridized carbons (Fsp3) is 0.333. The number of aliphatic hydroxyl groups excluding tert-OH is 1. The minimum Gasteiger partial charge on any atom is -0.391 e. The maximum atomic E-state index is 10.2. The number of thiazole rings is 1. The third-order valence-corrected chi connectivity index (χ3v) is 6.37. The molecule has 3 aromatic heterocycles. The smallest absolute Gasteiger partial charge is 0.184 e. The second-order valence-electron chi connectivity index (χ2n) is 7.45. The summed E-state index contributed by atoms with van der Waals surface area (Å²) >= 11 is 1.61. The van der Waals surface area contributed by atoms with Crippen molar-refractivity contribution in [3.8, 4) is 6.07 Å². The molecule has 8 heteroatoms. The number of nitrogens with zero attached hydrogens (tertiary/aromatic N) is 5. The lowest BCUT2D eigenvalue weighted by Gasteiger charge is -2.27. The van der Waals surface area contributed by atoms with Crippen molar-refractivity contribution in [3.05, 3.63) is 47.9 Å².